The third-order valence-corrected chi connectivity index (χ3v) is 4.51. The van der Waals surface area contributed by atoms with Crippen molar-refractivity contribution < 1.29 is 4.68 Å². The Labute approximate surface area is 132 Å². The SMILES string of the molecule is Cc1ccccc1-c1c(N=CC2CCCCC2)ccn[n+]1C. The Bertz CT molecular complexity index is 670. The molecule has 114 valence electrons. The van der Waals surface area contributed by atoms with Crippen LogP contribution in [-0.2, 0) is 7.05 Å². The van der Waals surface area contributed by atoms with Gasteiger partial charge in [0, 0.05) is 6.21 Å². The van der Waals surface area contributed by atoms with E-state index in [1.807, 2.05) is 24.0 Å². The van der Waals surface area contributed by atoms with Gasteiger partial charge in [0.15, 0.2) is 7.05 Å². The number of benzene rings is 1. The van der Waals surface area contributed by atoms with Crippen LogP contribution in [0.15, 0.2) is 41.5 Å². The van der Waals surface area contributed by atoms with Gasteiger partial charge in [-0.25, -0.2) is 0 Å². The van der Waals surface area contributed by atoms with Crippen LogP contribution in [0.4, 0.5) is 5.69 Å². The van der Waals surface area contributed by atoms with Crippen LogP contribution in [0.25, 0.3) is 11.3 Å². The first-order chi connectivity index (χ1) is 10.8. The fourth-order valence-corrected chi connectivity index (χ4v) is 3.23. The van der Waals surface area contributed by atoms with E-state index in [1.165, 1.54) is 43.2 Å². The van der Waals surface area contributed by atoms with Gasteiger partial charge in [0.25, 0.3) is 5.69 Å². The standard InChI is InChI=1S/C19H24N3/c1-15-8-6-7-11-17(15)19-18(12-13-21-22(19)2)20-14-16-9-4-3-5-10-16/h6-8,11-14,16H,3-5,9-10H2,1-2H3/q+1. The lowest BCUT2D eigenvalue weighted by molar-refractivity contribution is -0.719. The second kappa shape index (κ2) is 6.82. The summed E-state index contributed by atoms with van der Waals surface area (Å²) in [7, 11) is 1.99. The van der Waals surface area contributed by atoms with Crippen LogP contribution in [0.5, 0.6) is 0 Å². The summed E-state index contributed by atoms with van der Waals surface area (Å²) in [5.41, 5.74) is 4.55. The molecule has 0 radical (unpaired) electrons. The summed E-state index contributed by atoms with van der Waals surface area (Å²) in [5.74, 6) is 0.636. The summed E-state index contributed by atoms with van der Waals surface area (Å²) in [4.78, 5) is 4.82. The zero-order valence-electron chi connectivity index (χ0n) is 13.5. The number of aryl methyl sites for hydroxylation is 2. The van der Waals surface area contributed by atoms with E-state index in [1.54, 1.807) is 0 Å². The van der Waals surface area contributed by atoms with Gasteiger partial charge in [0.1, 0.15) is 5.69 Å². The van der Waals surface area contributed by atoms with E-state index < -0.39 is 0 Å². The summed E-state index contributed by atoms with van der Waals surface area (Å²) in [6.45, 7) is 2.14. The summed E-state index contributed by atoms with van der Waals surface area (Å²) in [6, 6.07) is 10.4. The molecule has 3 heteroatoms. The lowest BCUT2D eigenvalue weighted by atomic mass is 9.90. The predicted molar refractivity (Wildman–Crippen MR) is 90.3 cm³/mol. The monoisotopic (exact) mass is 294 g/mol. The molecule has 3 rings (SSSR count). The van der Waals surface area contributed by atoms with E-state index in [2.05, 4.69) is 42.5 Å². The van der Waals surface area contributed by atoms with Crippen LogP contribution in [0, 0.1) is 12.8 Å². The Morgan fingerprint density at radius 3 is 2.68 bits per heavy atom. The molecule has 0 spiro atoms. The molecule has 1 saturated carbocycles. The van der Waals surface area contributed by atoms with Gasteiger partial charge in [0.05, 0.1) is 11.8 Å². The Morgan fingerprint density at radius 1 is 1.14 bits per heavy atom. The second-order valence-corrected chi connectivity index (χ2v) is 6.18. The lowest BCUT2D eigenvalue weighted by Gasteiger charge is -2.16. The molecule has 0 saturated heterocycles. The normalized spacial score (nSPS) is 16.3. The first kappa shape index (κ1) is 14.9. The average Bonchev–Trinajstić information content (AvgIpc) is 2.55. The van der Waals surface area contributed by atoms with Crippen molar-refractivity contribution in [2.24, 2.45) is 18.0 Å². The van der Waals surface area contributed by atoms with Crippen molar-refractivity contribution in [2.45, 2.75) is 39.0 Å². The highest BCUT2D eigenvalue weighted by Gasteiger charge is 2.19. The molecule has 0 unspecified atom stereocenters. The highest BCUT2D eigenvalue weighted by Crippen LogP contribution is 2.29. The molecule has 3 nitrogen and oxygen atoms in total. The Balaban J connectivity index is 1.96. The molecule has 0 amide bonds. The highest BCUT2D eigenvalue weighted by molar-refractivity contribution is 5.76. The third kappa shape index (κ3) is 3.24. The van der Waals surface area contributed by atoms with Crippen LogP contribution in [-0.4, -0.2) is 11.3 Å². The summed E-state index contributed by atoms with van der Waals surface area (Å²) < 4.78 is 1.93. The fraction of sp³-hybridized carbons (Fsp3) is 0.421. The molecule has 1 heterocycles. The molecule has 1 aliphatic carbocycles. The van der Waals surface area contributed by atoms with Crippen molar-refractivity contribution in [3.63, 3.8) is 0 Å². The summed E-state index contributed by atoms with van der Waals surface area (Å²) >= 11 is 0. The third-order valence-electron chi connectivity index (χ3n) is 4.51. The van der Waals surface area contributed by atoms with Gasteiger partial charge in [-0.05, 0) is 48.5 Å². The van der Waals surface area contributed by atoms with Crippen molar-refractivity contribution in [1.82, 2.24) is 5.10 Å². The number of aromatic nitrogens is 2. The molecule has 0 N–H and O–H groups in total. The molecule has 0 bridgehead atoms. The van der Waals surface area contributed by atoms with Gasteiger partial charge in [-0.3, -0.25) is 4.99 Å². The average molecular weight is 294 g/mol. The Morgan fingerprint density at radius 2 is 1.91 bits per heavy atom. The van der Waals surface area contributed by atoms with Crippen LogP contribution in [0.3, 0.4) is 0 Å². The minimum Gasteiger partial charge on any atom is -0.254 e. The molecular formula is C19H24N3+. The van der Waals surface area contributed by atoms with Crippen LogP contribution in [0.1, 0.15) is 37.7 Å². The van der Waals surface area contributed by atoms with Crippen LogP contribution < -0.4 is 4.68 Å². The minimum absolute atomic E-state index is 0.636. The molecule has 0 atom stereocenters. The van der Waals surface area contributed by atoms with E-state index >= 15 is 0 Å². The largest absolute Gasteiger partial charge is 0.264 e. The van der Waals surface area contributed by atoms with Crippen molar-refractivity contribution in [1.29, 1.82) is 0 Å². The quantitative estimate of drug-likeness (QED) is 0.617. The number of nitrogens with zero attached hydrogens (tertiary/aromatic N) is 3. The van der Waals surface area contributed by atoms with Gasteiger partial charge < -0.3 is 0 Å². The van der Waals surface area contributed by atoms with Crippen LogP contribution >= 0.6 is 0 Å². The van der Waals surface area contributed by atoms with E-state index in [4.69, 9.17) is 4.99 Å². The van der Waals surface area contributed by atoms with E-state index in [0.717, 1.165) is 11.4 Å². The first-order valence-corrected chi connectivity index (χ1v) is 8.21. The number of rotatable bonds is 3. The number of hydrogen-bond donors (Lipinski definition) is 0. The molecule has 1 fully saturated rings. The molecule has 0 aliphatic heterocycles. The zero-order valence-corrected chi connectivity index (χ0v) is 13.5. The van der Waals surface area contributed by atoms with E-state index in [9.17, 15) is 0 Å². The van der Waals surface area contributed by atoms with Crippen molar-refractivity contribution in [3.05, 3.63) is 42.1 Å². The maximum atomic E-state index is 4.82. The maximum Gasteiger partial charge on any atom is 0.264 e. The second-order valence-electron chi connectivity index (χ2n) is 6.18. The minimum atomic E-state index is 0.636. The maximum absolute atomic E-state index is 4.82. The van der Waals surface area contributed by atoms with Gasteiger partial charge in [-0.2, -0.15) is 0 Å². The number of hydrogen-bond acceptors (Lipinski definition) is 2. The summed E-state index contributed by atoms with van der Waals surface area (Å²) in [5, 5.41) is 4.39. The Kier molecular flexibility index (Phi) is 4.62. The molecule has 2 aromatic rings. The van der Waals surface area contributed by atoms with Gasteiger partial charge in [-0.1, -0.05) is 42.1 Å². The van der Waals surface area contributed by atoms with E-state index in [0.29, 0.717) is 5.92 Å². The molecular weight excluding hydrogens is 270 g/mol. The van der Waals surface area contributed by atoms with Gasteiger partial charge >= 0.3 is 0 Å². The Hall–Kier alpha value is -2.03. The predicted octanol–water partition coefficient (Wildman–Crippen LogP) is 4.16. The van der Waals surface area contributed by atoms with Crippen LogP contribution in [0.2, 0.25) is 0 Å². The van der Waals surface area contributed by atoms with Crippen molar-refractivity contribution >= 4 is 11.9 Å². The molecule has 1 aliphatic rings. The van der Waals surface area contributed by atoms with E-state index in [-0.39, 0.29) is 0 Å². The van der Waals surface area contributed by atoms with Gasteiger partial charge in [0.2, 0.25) is 0 Å². The molecule has 22 heavy (non-hydrogen) atoms. The first-order valence-electron chi connectivity index (χ1n) is 8.21. The van der Waals surface area contributed by atoms with Crippen molar-refractivity contribution in [3.8, 4) is 11.3 Å². The van der Waals surface area contributed by atoms with Crippen molar-refractivity contribution in [2.75, 3.05) is 0 Å². The fourth-order valence-electron chi connectivity index (χ4n) is 3.23. The topological polar surface area (TPSA) is 29.1 Å². The number of aliphatic imine (C=N–C) groups is 1. The van der Waals surface area contributed by atoms with Gasteiger partial charge in [-0.15, -0.1) is 0 Å². The highest BCUT2D eigenvalue weighted by atomic mass is 15.2. The smallest absolute Gasteiger partial charge is 0.254 e. The summed E-state index contributed by atoms with van der Waals surface area (Å²) in [6.07, 6.45) is 10.6. The lowest BCUT2D eigenvalue weighted by Crippen LogP contribution is -2.35. The molecule has 1 aromatic heterocycles. The molecule has 1 aromatic carbocycles. The zero-order chi connectivity index (χ0) is 15.4.